The van der Waals surface area contributed by atoms with Crippen LogP contribution in [0.1, 0.15) is 25.6 Å². The van der Waals surface area contributed by atoms with Crippen molar-refractivity contribution in [3.63, 3.8) is 0 Å². The van der Waals surface area contributed by atoms with Crippen molar-refractivity contribution in [2.24, 2.45) is 0 Å². The van der Waals surface area contributed by atoms with Gasteiger partial charge >= 0.3 is 0 Å². The summed E-state index contributed by atoms with van der Waals surface area (Å²) in [5.41, 5.74) is 1.73. The summed E-state index contributed by atoms with van der Waals surface area (Å²) >= 11 is 1.38. The first-order valence-electron chi connectivity index (χ1n) is 9.44. The summed E-state index contributed by atoms with van der Waals surface area (Å²) in [6, 6.07) is 15.9. The molecular formula is C22H22N4O2S. The van der Waals surface area contributed by atoms with Gasteiger partial charge < -0.3 is 9.73 Å². The molecule has 0 atom stereocenters. The van der Waals surface area contributed by atoms with E-state index in [1.807, 2.05) is 60.0 Å². The number of nitrogens with zero attached hydrogens (tertiary/aromatic N) is 3. The average molecular weight is 407 g/mol. The van der Waals surface area contributed by atoms with Crippen molar-refractivity contribution in [2.75, 3.05) is 11.1 Å². The van der Waals surface area contributed by atoms with Crippen LogP contribution in [0.2, 0.25) is 0 Å². The first kappa shape index (κ1) is 19.3. The zero-order valence-electron chi connectivity index (χ0n) is 16.5. The minimum atomic E-state index is -0.0781. The van der Waals surface area contributed by atoms with E-state index in [1.54, 1.807) is 6.26 Å². The highest BCUT2D eigenvalue weighted by molar-refractivity contribution is 7.99. The number of fused-ring (bicyclic) bond motifs is 1. The smallest absolute Gasteiger partial charge is 0.234 e. The van der Waals surface area contributed by atoms with E-state index < -0.39 is 0 Å². The minimum Gasteiger partial charge on any atom is -0.469 e. The highest BCUT2D eigenvalue weighted by atomic mass is 32.2. The van der Waals surface area contributed by atoms with Gasteiger partial charge in [0.05, 0.1) is 17.6 Å². The lowest BCUT2D eigenvalue weighted by molar-refractivity contribution is -0.113. The van der Waals surface area contributed by atoms with Crippen molar-refractivity contribution in [2.45, 2.75) is 32.0 Å². The highest BCUT2D eigenvalue weighted by Gasteiger charge is 2.20. The Morgan fingerprint density at radius 1 is 1.14 bits per heavy atom. The summed E-state index contributed by atoms with van der Waals surface area (Å²) in [6.45, 7) is 6.05. The Bertz CT molecular complexity index is 1160. The second-order valence-electron chi connectivity index (χ2n) is 7.02. The molecule has 2 aromatic carbocycles. The number of hydrogen-bond donors (Lipinski definition) is 1. The molecule has 0 saturated heterocycles. The minimum absolute atomic E-state index is 0.0781. The van der Waals surface area contributed by atoms with Gasteiger partial charge in [-0.15, -0.1) is 10.2 Å². The van der Waals surface area contributed by atoms with Gasteiger partial charge in [0.25, 0.3) is 0 Å². The molecule has 0 aliphatic heterocycles. The number of anilines is 1. The van der Waals surface area contributed by atoms with Gasteiger partial charge in [-0.3, -0.25) is 9.36 Å². The molecule has 0 aliphatic carbocycles. The van der Waals surface area contributed by atoms with Crippen molar-refractivity contribution in [3.05, 3.63) is 60.6 Å². The summed E-state index contributed by atoms with van der Waals surface area (Å²) in [5, 5.41) is 14.5. The van der Waals surface area contributed by atoms with Gasteiger partial charge in [0.2, 0.25) is 5.91 Å². The Morgan fingerprint density at radius 3 is 2.69 bits per heavy atom. The van der Waals surface area contributed by atoms with Crippen LogP contribution < -0.4 is 5.32 Å². The summed E-state index contributed by atoms with van der Waals surface area (Å²) in [4.78, 5) is 12.6. The van der Waals surface area contributed by atoms with Gasteiger partial charge in [0.1, 0.15) is 5.76 Å². The molecule has 0 aliphatic rings. The molecule has 0 radical (unpaired) electrons. The SMILES string of the molecule is Cc1occc1-c1nnc(SCC(=O)Nc2cccc3ccccc23)n1C(C)C. The normalized spacial score (nSPS) is 11.3. The van der Waals surface area contributed by atoms with E-state index in [0.29, 0.717) is 5.16 Å². The lowest BCUT2D eigenvalue weighted by Crippen LogP contribution is -2.15. The predicted molar refractivity (Wildman–Crippen MR) is 116 cm³/mol. The molecule has 0 fully saturated rings. The summed E-state index contributed by atoms with van der Waals surface area (Å²) < 4.78 is 7.45. The monoisotopic (exact) mass is 406 g/mol. The molecule has 0 spiro atoms. The quantitative estimate of drug-likeness (QED) is 0.439. The largest absolute Gasteiger partial charge is 0.469 e. The summed E-state index contributed by atoms with van der Waals surface area (Å²) in [5.74, 6) is 1.72. The molecule has 4 aromatic rings. The highest BCUT2D eigenvalue weighted by Crippen LogP contribution is 2.30. The van der Waals surface area contributed by atoms with Crippen LogP contribution in [0.25, 0.3) is 22.2 Å². The lowest BCUT2D eigenvalue weighted by atomic mass is 10.1. The van der Waals surface area contributed by atoms with Crippen LogP contribution in [0.5, 0.6) is 0 Å². The zero-order valence-corrected chi connectivity index (χ0v) is 17.4. The first-order chi connectivity index (χ1) is 14.0. The van der Waals surface area contributed by atoms with Crippen LogP contribution in [0, 0.1) is 6.92 Å². The van der Waals surface area contributed by atoms with Crippen LogP contribution in [-0.2, 0) is 4.79 Å². The standard InChI is InChI=1S/C22H22N4O2S/c1-14(2)26-21(17-11-12-28-15(17)3)24-25-22(26)29-13-20(27)23-19-10-6-8-16-7-4-5-9-18(16)19/h4-12,14H,13H2,1-3H3,(H,23,27). The second kappa shape index (κ2) is 8.13. The summed E-state index contributed by atoms with van der Waals surface area (Å²) in [7, 11) is 0. The van der Waals surface area contributed by atoms with Crippen molar-refractivity contribution >= 4 is 34.1 Å². The van der Waals surface area contributed by atoms with Crippen molar-refractivity contribution in [1.29, 1.82) is 0 Å². The molecule has 2 aromatic heterocycles. The van der Waals surface area contributed by atoms with Crippen LogP contribution in [0.15, 0.2) is 64.4 Å². The first-order valence-corrected chi connectivity index (χ1v) is 10.4. The molecule has 1 amide bonds. The van der Waals surface area contributed by atoms with Crippen molar-refractivity contribution in [3.8, 4) is 11.4 Å². The van der Waals surface area contributed by atoms with E-state index in [9.17, 15) is 4.79 Å². The third-order valence-corrected chi connectivity index (χ3v) is 5.62. The molecule has 6 nitrogen and oxygen atoms in total. The van der Waals surface area contributed by atoms with Crippen LogP contribution in [0.3, 0.4) is 0 Å². The molecule has 2 heterocycles. The van der Waals surface area contributed by atoms with Gasteiger partial charge in [-0.1, -0.05) is 48.2 Å². The van der Waals surface area contributed by atoms with E-state index in [1.165, 1.54) is 11.8 Å². The number of nitrogens with one attached hydrogen (secondary N) is 1. The number of furan rings is 1. The van der Waals surface area contributed by atoms with Gasteiger partial charge in [-0.25, -0.2) is 0 Å². The Morgan fingerprint density at radius 2 is 1.93 bits per heavy atom. The topological polar surface area (TPSA) is 72.9 Å². The lowest BCUT2D eigenvalue weighted by Gasteiger charge is -2.13. The number of carbonyl (C=O) groups excluding carboxylic acids is 1. The third-order valence-electron chi connectivity index (χ3n) is 4.68. The second-order valence-corrected chi connectivity index (χ2v) is 7.97. The molecule has 4 rings (SSSR count). The number of aromatic nitrogens is 3. The van der Waals surface area contributed by atoms with Crippen LogP contribution >= 0.6 is 11.8 Å². The van der Waals surface area contributed by atoms with Crippen LogP contribution in [-0.4, -0.2) is 26.4 Å². The van der Waals surface area contributed by atoms with Gasteiger partial charge in [0.15, 0.2) is 11.0 Å². The molecule has 7 heteroatoms. The van der Waals surface area contributed by atoms with Gasteiger partial charge in [-0.2, -0.15) is 0 Å². The van der Waals surface area contributed by atoms with E-state index in [2.05, 4.69) is 29.4 Å². The fourth-order valence-electron chi connectivity index (χ4n) is 3.29. The molecule has 0 bridgehead atoms. The average Bonchev–Trinajstić information content (AvgIpc) is 3.32. The molecule has 0 unspecified atom stereocenters. The zero-order chi connectivity index (χ0) is 20.4. The van der Waals surface area contributed by atoms with Gasteiger partial charge in [-0.05, 0) is 38.3 Å². The van der Waals surface area contributed by atoms with Gasteiger partial charge in [0, 0.05) is 17.1 Å². The maximum atomic E-state index is 12.6. The fourth-order valence-corrected chi connectivity index (χ4v) is 4.16. The van der Waals surface area contributed by atoms with Crippen molar-refractivity contribution in [1.82, 2.24) is 14.8 Å². The number of amides is 1. The Kier molecular flexibility index (Phi) is 5.40. The predicted octanol–water partition coefficient (Wildman–Crippen LogP) is 5.31. The number of benzene rings is 2. The number of thioether (sulfide) groups is 1. The maximum absolute atomic E-state index is 12.6. The number of rotatable bonds is 6. The fraction of sp³-hybridized carbons (Fsp3) is 0.227. The Balaban J connectivity index is 1.51. The summed E-state index contributed by atoms with van der Waals surface area (Å²) in [6.07, 6.45) is 1.65. The molecule has 148 valence electrons. The maximum Gasteiger partial charge on any atom is 0.234 e. The van der Waals surface area contributed by atoms with Crippen LogP contribution in [0.4, 0.5) is 5.69 Å². The molecule has 29 heavy (non-hydrogen) atoms. The number of carbonyl (C=O) groups is 1. The molecule has 0 saturated carbocycles. The Labute approximate surface area is 173 Å². The van der Waals surface area contributed by atoms with E-state index in [0.717, 1.165) is 33.6 Å². The van der Waals surface area contributed by atoms with E-state index in [-0.39, 0.29) is 17.7 Å². The third kappa shape index (κ3) is 3.91. The number of hydrogen-bond acceptors (Lipinski definition) is 5. The van der Waals surface area contributed by atoms with E-state index in [4.69, 9.17) is 4.42 Å². The Hall–Kier alpha value is -3.06. The van der Waals surface area contributed by atoms with Crippen molar-refractivity contribution < 1.29 is 9.21 Å². The molecular weight excluding hydrogens is 384 g/mol. The number of aryl methyl sites for hydroxylation is 1. The van der Waals surface area contributed by atoms with E-state index >= 15 is 0 Å². The molecule has 1 N–H and O–H groups in total.